The predicted molar refractivity (Wildman–Crippen MR) is 136 cm³/mol. The van der Waals surface area contributed by atoms with Crippen LogP contribution in [0.3, 0.4) is 0 Å². The van der Waals surface area contributed by atoms with Crippen molar-refractivity contribution in [2.24, 2.45) is 0 Å². The normalized spacial score (nSPS) is 12.8. The number of halogens is 2. The lowest BCUT2D eigenvalue weighted by Gasteiger charge is -2.31. The van der Waals surface area contributed by atoms with Gasteiger partial charge >= 0.3 is 0 Å². The van der Waals surface area contributed by atoms with E-state index in [1.54, 1.807) is 28.8 Å². The van der Waals surface area contributed by atoms with Gasteiger partial charge < -0.3 is 10.2 Å². The summed E-state index contributed by atoms with van der Waals surface area (Å²) in [6.07, 6.45) is 1.35. The number of nitrogens with zero attached hydrogens (tertiary/aromatic N) is 1. The first-order valence-electron chi connectivity index (χ1n) is 10.9. The molecule has 2 aromatic rings. The molecule has 0 aliphatic heterocycles. The Balaban J connectivity index is 2.17. The van der Waals surface area contributed by atoms with Crippen LogP contribution < -0.4 is 5.32 Å². The van der Waals surface area contributed by atoms with E-state index >= 15 is 0 Å². The third-order valence-corrected chi connectivity index (χ3v) is 7.03. The molecule has 2 atom stereocenters. The molecule has 0 aromatic heterocycles. The van der Waals surface area contributed by atoms with Gasteiger partial charge in [0.1, 0.15) is 6.04 Å². The maximum Gasteiger partial charge on any atom is 0.243 e. The second kappa shape index (κ2) is 13.1. The van der Waals surface area contributed by atoms with E-state index in [2.05, 4.69) is 30.4 Å². The van der Waals surface area contributed by atoms with Gasteiger partial charge in [-0.3, -0.25) is 9.59 Å². The smallest absolute Gasteiger partial charge is 0.243 e. The third kappa shape index (κ3) is 8.02. The summed E-state index contributed by atoms with van der Waals surface area (Å²) >= 11 is 13.8. The van der Waals surface area contributed by atoms with Gasteiger partial charge in [0.05, 0.1) is 15.8 Å². The van der Waals surface area contributed by atoms with Gasteiger partial charge in [0.25, 0.3) is 0 Å². The van der Waals surface area contributed by atoms with Gasteiger partial charge in [-0.2, -0.15) is 0 Å². The summed E-state index contributed by atoms with van der Waals surface area (Å²) in [5.74, 6) is 0.838. The molecular weight excluding hydrogens is 463 g/mol. The number of benzene rings is 2. The standard InChI is InChI=1S/C25H32Cl2N2O2S/c1-5-18(4)28-25(31)23(6-2)29(14-19-10-11-21(26)22(27)13-19)24(30)16-32-15-20-9-7-8-17(3)12-20/h7-13,18,23H,5-6,14-16H2,1-4H3,(H,28,31)/t18-,23-/m0/s1. The van der Waals surface area contributed by atoms with Gasteiger partial charge in [0.2, 0.25) is 11.8 Å². The summed E-state index contributed by atoms with van der Waals surface area (Å²) in [6.45, 7) is 8.27. The molecule has 0 heterocycles. The van der Waals surface area contributed by atoms with Gasteiger partial charge in [-0.25, -0.2) is 0 Å². The van der Waals surface area contributed by atoms with E-state index < -0.39 is 6.04 Å². The molecule has 0 saturated heterocycles. The second-order valence-corrected chi connectivity index (χ2v) is 9.79. The van der Waals surface area contributed by atoms with Crippen molar-refractivity contribution in [2.45, 2.75) is 64.9 Å². The number of carbonyl (C=O) groups is 2. The number of hydrogen-bond acceptors (Lipinski definition) is 3. The van der Waals surface area contributed by atoms with Crippen molar-refractivity contribution in [1.29, 1.82) is 0 Å². The Kier molecular flexibility index (Phi) is 10.9. The molecule has 0 bridgehead atoms. The lowest BCUT2D eigenvalue weighted by atomic mass is 10.1. The first-order chi connectivity index (χ1) is 15.2. The fraction of sp³-hybridized carbons (Fsp3) is 0.440. The first-order valence-corrected chi connectivity index (χ1v) is 12.8. The fourth-order valence-corrected chi connectivity index (χ4v) is 4.51. The number of hydrogen-bond donors (Lipinski definition) is 1. The summed E-state index contributed by atoms with van der Waals surface area (Å²) in [6, 6.07) is 13.1. The number of amides is 2. The Labute approximate surface area is 206 Å². The number of carbonyl (C=O) groups excluding carboxylic acids is 2. The monoisotopic (exact) mass is 494 g/mol. The number of aryl methyl sites for hydroxylation is 1. The Morgan fingerprint density at radius 1 is 1.03 bits per heavy atom. The zero-order chi connectivity index (χ0) is 23.7. The van der Waals surface area contributed by atoms with Crippen LogP contribution in [0, 0.1) is 6.92 Å². The molecule has 7 heteroatoms. The highest BCUT2D eigenvalue weighted by molar-refractivity contribution is 7.99. The Hall–Kier alpha value is -1.69. The van der Waals surface area contributed by atoms with E-state index in [1.165, 1.54) is 11.1 Å². The average molecular weight is 496 g/mol. The van der Waals surface area contributed by atoms with Crippen LogP contribution in [0.4, 0.5) is 0 Å². The van der Waals surface area contributed by atoms with Crippen molar-refractivity contribution in [1.82, 2.24) is 10.2 Å². The molecule has 174 valence electrons. The topological polar surface area (TPSA) is 49.4 Å². The molecule has 0 unspecified atom stereocenters. The fourth-order valence-electron chi connectivity index (χ4n) is 3.34. The van der Waals surface area contributed by atoms with E-state index in [0.717, 1.165) is 17.7 Å². The van der Waals surface area contributed by atoms with Crippen molar-refractivity contribution in [2.75, 3.05) is 5.75 Å². The quantitative estimate of drug-likeness (QED) is 0.401. The first kappa shape index (κ1) is 26.6. The number of rotatable bonds is 11. The zero-order valence-electron chi connectivity index (χ0n) is 19.2. The van der Waals surface area contributed by atoms with Crippen molar-refractivity contribution >= 4 is 46.8 Å². The average Bonchev–Trinajstić information content (AvgIpc) is 2.75. The minimum absolute atomic E-state index is 0.0502. The maximum absolute atomic E-state index is 13.3. The Bertz CT molecular complexity index is 923. The van der Waals surface area contributed by atoms with Crippen LogP contribution in [-0.4, -0.2) is 34.6 Å². The number of thioether (sulfide) groups is 1. The van der Waals surface area contributed by atoms with Crippen molar-refractivity contribution in [3.05, 3.63) is 69.2 Å². The van der Waals surface area contributed by atoms with Gasteiger partial charge in [0, 0.05) is 18.3 Å². The highest BCUT2D eigenvalue weighted by atomic mass is 35.5. The summed E-state index contributed by atoms with van der Waals surface area (Å²) in [5, 5.41) is 3.92. The van der Waals surface area contributed by atoms with Gasteiger partial charge in [-0.05, 0) is 49.9 Å². The molecule has 2 amide bonds. The van der Waals surface area contributed by atoms with E-state index in [9.17, 15) is 9.59 Å². The van der Waals surface area contributed by atoms with Crippen LogP contribution in [0.2, 0.25) is 10.0 Å². The summed E-state index contributed by atoms with van der Waals surface area (Å²) in [5.41, 5.74) is 3.22. The summed E-state index contributed by atoms with van der Waals surface area (Å²) in [7, 11) is 0. The van der Waals surface area contributed by atoms with Crippen LogP contribution >= 0.6 is 35.0 Å². The lowest BCUT2D eigenvalue weighted by Crippen LogP contribution is -2.51. The van der Waals surface area contributed by atoms with Crippen LogP contribution in [-0.2, 0) is 21.9 Å². The molecule has 2 rings (SSSR count). The largest absolute Gasteiger partial charge is 0.352 e. The van der Waals surface area contributed by atoms with E-state index in [4.69, 9.17) is 23.2 Å². The second-order valence-electron chi connectivity index (χ2n) is 7.99. The molecule has 1 N–H and O–H groups in total. The van der Waals surface area contributed by atoms with Crippen LogP contribution in [0.15, 0.2) is 42.5 Å². The van der Waals surface area contributed by atoms with Crippen molar-refractivity contribution < 1.29 is 9.59 Å². The van der Waals surface area contributed by atoms with Crippen LogP contribution in [0.1, 0.15) is 50.3 Å². The van der Waals surface area contributed by atoms with E-state index in [1.807, 2.05) is 32.9 Å². The minimum atomic E-state index is -0.550. The predicted octanol–water partition coefficient (Wildman–Crippen LogP) is 6.26. The Morgan fingerprint density at radius 2 is 1.78 bits per heavy atom. The summed E-state index contributed by atoms with van der Waals surface area (Å²) < 4.78 is 0. The van der Waals surface area contributed by atoms with Gasteiger partial charge in [-0.15, -0.1) is 11.8 Å². The molecule has 0 fully saturated rings. The molecule has 0 spiro atoms. The molecule has 4 nitrogen and oxygen atoms in total. The minimum Gasteiger partial charge on any atom is -0.352 e. The molecule has 0 aliphatic carbocycles. The van der Waals surface area contributed by atoms with E-state index in [-0.39, 0.29) is 17.9 Å². The number of nitrogens with one attached hydrogen (secondary N) is 1. The molecular formula is C25H32Cl2N2O2S. The lowest BCUT2D eigenvalue weighted by molar-refractivity contribution is -0.139. The zero-order valence-corrected chi connectivity index (χ0v) is 21.5. The van der Waals surface area contributed by atoms with Crippen LogP contribution in [0.25, 0.3) is 0 Å². The SMILES string of the molecule is CC[C@H](C)NC(=O)[C@H](CC)N(Cc1ccc(Cl)c(Cl)c1)C(=O)CSCc1cccc(C)c1. The summed E-state index contributed by atoms with van der Waals surface area (Å²) in [4.78, 5) is 27.9. The van der Waals surface area contributed by atoms with Gasteiger partial charge in [0.15, 0.2) is 0 Å². The highest BCUT2D eigenvalue weighted by Gasteiger charge is 2.29. The molecule has 0 aliphatic rings. The third-order valence-electron chi connectivity index (χ3n) is 5.30. The molecule has 0 radical (unpaired) electrons. The highest BCUT2D eigenvalue weighted by Crippen LogP contribution is 2.24. The molecule has 0 saturated carbocycles. The van der Waals surface area contributed by atoms with E-state index in [0.29, 0.717) is 28.8 Å². The molecule has 2 aromatic carbocycles. The maximum atomic E-state index is 13.3. The van der Waals surface area contributed by atoms with Gasteiger partial charge in [-0.1, -0.05) is 72.9 Å². The van der Waals surface area contributed by atoms with Crippen LogP contribution in [0.5, 0.6) is 0 Å². The Morgan fingerprint density at radius 3 is 2.41 bits per heavy atom. The molecule has 32 heavy (non-hydrogen) atoms. The van der Waals surface area contributed by atoms with Crippen molar-refractivity contribution in [3.8, 4) is 0 Å². The van der Waals surface area contributed by atoms with Crippen molar-refractivity contribution in [3.63, 3.8) is 0 Å².